The molecule has 9 heteroatoms. The molecule has 9 atom stereocenters. The first-order valence-corrected chi connectivity index (χ1v) is 11.3. The van der Waals surface area contributed by atoms with Crippen molar-refractivity contribution in [1.29, 1.82) is 0 Å². The second kappa shape index (κ2) is 10.1. The number of carbonyl (C=O) groups excluding carboxylic acids is 1. The Labute approximate surface area is 170 Å². The summed E-state index contributed by atoms with van der Waals surface area (Å²) in [6.07, 6.45) is -0.0980. The van der Waals surface area contributed by atoms with Crippen LogP contribution in [0.1, 0.15) is 33.1 Å². The van der Waals surface area contributed by atoms with Crippen LogP contribution in [0.2, 0.25) is 0 Å². The highest BCUT2D eigenvalue weighted by atomic mass is 35.5. The highest BCUT2D eigenvalue weighted by Gasteiger charge is 2.48. The Hall–Kier alpha value is -0.0900. The lowest BCUT2D eigenvalue weighted by atomic mass is 9.92. The van der Waals surface area contributed by atoms with Gasteiger partial charge in [0.25, 0.3) is 0 Å². The predicted octanol–water partition coefficient (Wildman–Crippen LogP) is 0.390. The number of aliphatic hydroxyl groups is 3. The summed E-state index contributed by atoms with van der Waals surface area (Å²) in [5, 5.41) is 33.0. The van der Waals surface area contributed by atoms with E-state index in [4.69, 9.17) is 16.3 Å². The number of nitrogens with one attached hydrogen (secondary N) is 1. The fourth-order valence-corrected chi connectivity index (χ4v) is 5.00. The van der Waals surface area contributed by atoms with Crippen LogP contribution in [-0.2, 0) is 9.53 Å². The minimum absolute atomic E-state index is 0.147. The number of likely N-dealkylation sites (N-methyl/N-ethyl adjacent to an activating group) is 1. The standard InChI is InChI=1S/C18H33ClN2O5S/c1-5-6-10-7-11(21(3)8-10)17(25)20-12(9(2)19)16-14(23)13(22)15(24)18(26-16)27-4/h9-16,18,22-24H,5-8H2,1-4H3,(H,20,25)/t9-,10+,11-,12-,13+,14-,15+,16-,18+/m1/s1. The molecule has 0 aromatic rings. The lowest BCUT2D eigenvalue weighted by Crippen LogP contribution is -2.65. The van der Waals surface area contributed by atoms with Gasteiger partial charge in [0.15, 0.2) is 0 Å². The van der Waals surface area contributed by atoms with Gasteiger partial charge >= 0.3 is 0 Å². The van der Waals surface area contributed by atoms with E-state index in [1.165, 1.54) is 11.8 Å². The number of thioether (sulfide) groups is 1. The van der Waals surface area contributed by atoms with Crippen molar-refractivity contribution in [2.45, 2.75) is 80.4 Å². The quantitative estimate of drug-likeness (QED) is 0.438. The Morgan fingerprint density at radius 2 is 2.00 bits per heavy atom. The molecule has 158 valence electrons. The highest BCUT2D eigenvalue weighted by molar-refractivity contribution is 7.99. The molecule has 0 aromatic heterocycles. The van der Waals surface area contributed by atoms with Gasteiger partial charge in [-0.1, -0.05) is 13.3 Å². The number of aliphatic hydroxyl groups excluding tert-OH is 3. The second-order valence-corrected chi connectivity index (χ2v) is 9.36. The topological polar surface area (TPSA) is 102 Å². The molecule has 0 bridgehead atoms. The van der Waals surface area contributed by atoms with Gasteiger partial charge in [-0.25, -0.2) is 0 Å². The summed E-state index contributed by atoms with van der Waals surface area (Å²) >= 11 is 7.55. The SMILES string of the molecule is CCC[C@H]1C[C@H](C(=O)N[C@@H]([C@H]2O[C@@H](SC)[C@@H](O)[C@@H](O)[C@H]2O)[C@@H](C)Cl)N(C)C1. The van der Waals surface area contributed by atoms with E-state index in [1.807, 2.05) is 11.9 Å². The number of hydrogen-bond acceptors (Lipinski definition) is 7. The van der Waals surface area contributed by atoms with Gasteiger partial charge in [-0.15, -0.1) is 23.4 Å². The average molecular weight is 425 g/mol. The summed E-state index contributed by atoms with van der Waals surface area (Å²) in [5.41, 5.74) is -0.702. The number of carbonyl (C=O) groups is 1. The van der Waals surface area contributed by atoms with E-state index in [9.17, 15) is 20.1 Å². The number of alkyl halides is 1. The third kappa shape index (κ3) is 5.29. The van der Waals surface area contributed by atoms with Crippen molar-refractivity contribution in [3.05, 3.63) is 0 Å². The summed E-state index contributed by atoms with van der Waals surface area (Å²) in [5.74, 6) is 0.350. The Morgan fingerprint density at radius 1 is 1.33 bits per heavy atom. The molecule has 0 aliphatic carbocycles. The van der Waals surface area contributed by atoms with Crippen molar-refractivity contribution in [3.63, 3.8) is 0 Å². The highest BCUT2D eigenvalue weighted by Crippen LogP contribution is 2.31. The molecular formula is C18H33ClN2O5S. The maximum absolute atomic E-state index is 12.9. The molecule has 2 aliphatic rings. The minimum atomic E-state index is -1.36. The molecule has 0 spiro atoms. The number of rotatable bonds is 7. The molecule has 4 N–H and O–H groups in total. The Kier molecular flexibility index (Phi) is 8.67. The number of nitrogens with zero attached hydrogens (tertiary/aromatic N) is 1. The number of hydrogen-bond donors (Lipinski definition) is 4. The third-order valence-corrected chi connectivity index (χ3v) is 6.76. The molecule has 1 amide bonds. The molecular weight excluding hydrogens is 392 g/mol. The van der Waals surface area contributed by atoms with Gasteiger partial charge in [-0.2, -0.15) is 0 Å². The summed E-state index contributed by atoms with van der Waals surface area (Å²) < 4.78 is 5.79. The molecule has 2 heterocycles. The number of likely N-dealkylation sites (tertiary alicyclic amines) is 1. The van der Waals surface area contributed by atoms with E-state index in [0.29, 0.717) is 5.92 Å². The largest absolute Gasteiger partial charge is 0.388 e. The first-order valence-electron chi connectivity index (χ1n) is 9.58. The van der Waals surface area contributed by atoms with E-state index >= 15 is 0 Å². The van der Waals surface area contributed by atoms with Crippen LogP contribution in [0, 0.1) is 5.92 Å². The minimum Gasteiger partial charge on any atom is -0.388 e. The van der Waals surface area contributed by atoms with Crippen LogP contribution in [0.4, 0.5) is 0 Å². The van der Waals surface area contributed by atoms with E-state index in [2.05, 4.69) is 12.2 Å². The van der Waals surface area contributed by atoms with Crippen molar-refractivity contribution in [2.75, 3.05) is 19.8 Å². The molecule has 2 rings (SSSR count). The maximum atomic E-state index is 12.9. The van der Waals surface area contributed by atoms with Gasteiger partial charge in [0, 0.05) is 6.54 Å². The fraction of sp³-hybridized carbons (Fsp3) is 0.944. The summed E-state index contributed by atoms with van der Waals surface area (Å²) in [7, 11) is 1.94. The third-order valence-electron chi connectivity index (χ3n) is 5.63. The summed E-state index contributed by atoms with van der Waals surface area (Å²) in [6, 6.07) is -0.934. The zero-order chi connectivity index (χ0) is 20.3. The first kappa shape index (κ1) is 23.2. The number of ether oxygens (including phenoxy) is 1. The molecule has 2 aliphatic heterocycles. The van der Waals surface area contributed by atoms with Gasteiger partial charge in [-0.3, -0.25) is 9.69 Å². The van der Waals surface area contributed by atoms with Crippen molar-refractivity contribution in [1.82, 2.24) is 10.2 Å². The zero-order valence-corrected chi connectivity index (χ0v) is 18.0. The van der Waals surface area contributed by atoms with E-state index in [-0.39, 0.29) is 11.9 Å². The molecule has 7 nitrogen and oxygen atoms in total. The van der Waals surface area contributed by atoms with Gasteiger partial charge in [-0.05, 0) is 39.0 Å². The monoisotopic (exact) mass is 424 g/mol. The number of amides is 1. The van der Waals surface area contributed by atoms with E-state index < -0.39 is 41.3 Å². The van der Waals surface area contributed by atoms with Crippen molar-refractivity contribution >= 4 is 29.3 Å². The van der Waals surface area contributed by atoms with Crippen LogP contribution in [0.15, 0.2) is 0 Å². The van der Waals surface area contributed by atoms with Crippen LogP contribution in [0.5, 0.6) is 0 Å². The maximum Gasteiger partial charge on any atom is 0.237 e. The zero-order valence-electron chi connectivity index (χ0n) is 16.4. The fourth-order valence-electron chi connectivity index (χ4n) is 4.11. The Morgan fingerprint density at radius 3 is 2.56 bits per heavy atom. The van der Waals surface area contributed by atoms with Crippen molar-refractivity contribution < 1.29 is 24.9 Å². The average Bonchev–Trinajstić information content (AvgIpc) is 2.99. The van der Waals surface area contributed by atoms with Crippen LogP contribution in [-0.4, -0.2) is 93.3 Å². The molecule has 0 radical (unpaired) electrons. The van der Waals surface area contributed by atoms with Gasteiger partial charge in [0.1, 0.15) is 29.9 Å². The lowest BCUT2D eigenvalue weighted by Gasteiger charge is -2.44. The molecule has 0 saturated carbocycles. The van der Waals surface area contributed by atoms with E-state index in [0.717, 1.165) is 25.8 Å². The molecule has 0 unspecified atom stereocenters. The predicted molar refractivity (Wildman–Crippen MR) is 107 cm³/mol. The molecule has 2 fully saturated rings. The summed E-state index contributed by atoms with van der Waals surface area (Å²) in [4.78, 5) is 14.9. The summed E-state index contributed by atoms with van der Waals surface area (Å²) in [6.45, 7) is 4.74. The van der Waals surface area contributed by atoms with Crippen molar-refractivity contribution in [3.8, 4) is 0 Å². The van der Waals surface area contributed by atoms with Crippen LogP contribution in [0.3, 0.4) is 0 Å². The second-order valence-electron chi connectivity index (χ2n) is 7.73. The van der Waals surface area contributed by atoms with Crippen LogP contribution in [0.25, 0.3) is 0 Å². The van der Waals surface area contributed by atoms with Gasteiger partial charge < -0.3 is 25.4 Å². The molecule has 0 aromatic carbocycles. The number of halogens is 1. The van der Waals surface area contributed by atoms with Gasteiger partial charge in [0.2, 0.25) is 5.91 Å². The first-order chi connectivity index (χ1) is 12.7. The van der Waals surface area contributed by atoms with Crippen LogP contribution >= 0.6 is 23.4 Å². The Bertz CT molecular complexity index is 498. The van der Waals surface area contributed by atoms with Crippen LogP contribution < -0.4 is 5.32 Å². The smallest absolute Gasteiger partial charge is 0.237 e. The Balaban J connectivity index is 2.09. The molecule has 2 saturated heterocycles. The normalized spacial score (nSPS) is 39.9. The van der Waals surface area contributed by atoms with Gasteiger partial charge in [0.05, 0.1) is 17.5 Å². The van der Waals surface area contributed by atoms with E-state index in [1.54, 1.807) is 13.2 Å². The van der Waals surface area contributed by atoms with Crippen molar-refractivity contribution in [2.24, 2.45) is 5.92 Å². The molecule has 27 heavy (non-hydrogen) atoms. The lowest BCUT2D eigenvalue weighted by molar-refractivity contribution is -0.205.